The van der Waals surface area contributed by atoms with Crippen molar-refractivity contribution in [1.29, 1.82) is 0 Å². The van der Waals surface area contributed by atoms with Gasteiger partial charge in [-0.3, -0.25) is 4.79 Å². The molecule has 1 amide bonds. The minimum atomic E-state index is -0.542. The highest BCUT2D eigenvalue weighted by Crippen LogP contribution is 2.27. The first-order chi connectivity index (χ1) is 11.4. The Balaban J connectivity index is 1.90. The Hall–Kier alpha value is -1.56. The van der Waals surface area contributed by atoms with E-state index < -0.39 is 5.97 Å². The van der Waals surface area contributed by atoms with Crippen molar-refractivity contribution in [3.05, 3.63) is 28.2 Å². The molecule has 0 unspecified atom stereocenters. The number of esters is 1. The number of carbonyl (C=O) groups is 2. The molecule has 1 aromatic carbocycles. The quantitative estimate of drug-likeness (QED) is 0.711. The van der Waals surface area contributed by atoms with Gasteiger partial charge in [-0.15, -0.1) is 0 Å². The molecule has 1 aromatic rings. The molecule has 0 aliphatic heterocycles. The van der Waals surface area contributed by atoms with Crippen LogP contribution in [0.1, 0.15) is 43.0 Å². The number of likely N-dealkylation sites (N-methyl/N-ethyl adjacent to an activating group) is 1. The number of benzene rings is 1. The van der Waals surface area contributed by atoms with E-state index >= 15 is 0 Å². The molecular formula is C18H24BrNO4. The van der Waals surface area contributed by atoms with E-state index in [9.17, 15) is 9.59 Å². The summed E-state index contributed by atoms with van der Waals surface area (Å²) in [6, 6.07) is 5.29. The summed E-state index contributed by atoms with van der Waals surface area (Å²) in [6.45, 7) is 2.00. The summed E-state index contributed by atoms with van der Waals surface area (Å²) in [6.07, 6.45) is 4.30. The number of amides is 1. The summed E-state index contributed by atoms with van der Waals surface area (Å²) >= 11 is 3.31. The van der Waals surface area contributed by atoms with Crippen molar-refractivity contribution in [3.8, 4) is 5.75 Å². The first kappa shape index (κ1) is 18.8. The van der Waals surface area contributed by atoms with Crippen molar-refractivity contribution in [3.63, 3.8) is 0 Å². The van der Waals surface area contributed by atoms with Gasteiger partial charge in [0, 0.05) is 17.6 Å². The Bertz CT molecular complexity index is 597. The number of hydrogen-bond acceptors (Lipinski definition) is 4. The van der Waals surface area contributed by atoms with E-state index in [4.69, 9.17) is 9.47 Å². The second-order valence-corrected chi connectivity index (χ2v) is 7.19. The third-order valence-electron chi connectivity index (χ3n) is 4.65. The largest absolute Gasteiger partial charge is 0.497 e. The molecule has 0 aromatic heterocycles. The summed E-state index contributed by atoms with van der Waals surface area (Å²) in [5.74, 6) is 0.583. The Kier molecular flexibility index (Phi) is 6.66. The zero-order valence-corrected chi connectivity index (χ0v) is 16.0. The lowest BCUT2D eigenvalue weighted by Gasteiger charge is -2.33. The summed E-state index contributed by atoms with van der Waals surface area (Å²) in [5.41, 5.74) is 0.344. The van der Waals surface area contributed by atoms with Crippen molar-refractivity contribution < 1.29 is 19.1 Å². The zero-order chi connectivity index (χ0) is 17.7. The molecule has 2 rings (SSSR count). The van der Waals surface area contributed by atoms with Crippen LogP contribution in [-0.2, 0) is 9.53 Å². The number of ether oxygens (including phenoxy) is 2. The molecule has 1 fully saturated rings. The van der Waals surface area contributed by atoms with E-state index in [0.717, 1.165) is 31.6 Å². The van der Waals surface area contributed by atoms with E-state index in [1.54, 1.807) is 30.1 Å². The molecule has 132 valence electrons. The van der Waals surface area contributed by atoms with Crippen LogP contribution in [0.5, 0.6) is 5.75 Å². The monoisotopic (exact) mass is 397 g/mol. The molecule has 0 saturated heterocycles. The lowest BCUT2D eigenvalue weighted by Crippen LogP contribution is -2.41. The lowest BCUT2D eigenvalue weighted by molar-refractivity contribution is -0.136. The Morgan fingerprint density at radius 2 is 1.92 bits per heavy atom. The fourth-order valence-electron chi connectivity index (χ4n) is 2.93. The van der Waals surface area contributed by atoms with E-state index in [-0.39, 0.29) is 18.6 Å². The van der Waals surface area contributed by atoms with Gasteiger partial charge in [-0.25, -0.2) is 4.79 Å². The van der Waals surface area contributed by atoms with Gasteiger partial charge in [0.2, 0.25) is 0 Å². The molecule has 5 nitrogen and oxygen atoms in total. The van der Waals surface area contributed by atoms with E-state index in [1.165, 1.54) is 7.11 Å². The van der Waals surface area contributed by atoms with Crippen LogP contribution in [0.15, 0.2) is 22.7 Å². The number of halogens is 1. The van der Waals surface area contributed by atoms with Gasteiger partial charge in [0.1, 0.15) is 5.75 Å². The number of methoxy groups -OCH3 is 1. The highest BCUT2D eigenvalue weighted by molar-refractivity contribution is 9.10. The van der Waals surface area contributed by atoms with Gasteiger partial charge < -0.3 is 14.4 Å². The number of nitrogens with zero attached hydrogens (tertiary/aromatic N) is 1. The maximum atomic E-state index is 12.3. The second-order valence-electron chi connectivity index (χ2n) is 6.34. The van der Waals surface area contributed by atoms with Gasteiger partial charge in [0.25, 0.3) is 5.91 Å². The molecule has 1 saturated carbocycles. The smallest absolute Gasteiger partial charge is 0.339 e. The number of carbonyl (C=O) groups excluding carboxylic acids is 2. The molecule has 1 aliphatic carbocycles. The van der Waals surface area contributed by atoms with Crippen LogP contribution in [-0.4, -0.2) is 43.6 Å². The summed E-state index contributed by atoms with van der Waals surface area (Å²) < 4.78 is 10.9. The maximum absolute atomic E-state index is 12.3. The van der Waals surface area contributed by atoms with Crippen molar-refractivity contribution in [1.82, 2.24) is 4.90 Å². The molecular weight excluding hydrogens is 374 g/mol. The summed E-state index contributed by atoms with van der Waals surface area (Å²) in [4.78, 5) is 26.2. The topological polar surface area (TPSA) is 55.8 Å². The fourth-order valence-corrected chi connectivity index (χ4v) is 3.34. The molecule has 0 heterocycles. The standard InChI is InChI=1S/C18H24BrNO4/c1-12-4-6-13(7-5-12)20(2)17(21)11-24-18(22)15-10-14(23-3)8-9-16(15)19/h8-10,12-13H,4-7,11H2,1-3H3. The average molecular weight is 398 g/mol. The molecule has 0 bridgehead atoms. The van der Waals surface area contributed by atoms with Crippen LogP contribution in [0.2, 0.25) is 0 Å². The highest BCUT2D eigenvalue weighted by atomic mass is 79.9. The second kappa shape index (κ2) is 8.51. The van der Waals surface area contributed by atoms with Crippen molar-refractivity contribution in [2.75, 3.05) is 20.8 Å². The number of hydrogen-bond donors (Lipinski definition) is 0. The average Bonchev–Trinajstić information content (AvgIpc) is 2.59. The summed E-state index contributed by atoms with van der Waals surface area (Å²) in [7, 11) is 3.32. The van der Waals surface area contributed by atoms with Crippen molar-refractivity contribution in [2.45, 2.75) is 38.6 Å². The predicted octanol–water partition coefficient (Wildman–Crippen LogP) is 3.65. The molecule has 0 N–H and O–H groups in total. The van der Waals surface area contributed by atoms with Crippen LogP contribution in [0.4, 0.5) is 0 Å². The molecule has 1 aliphatic rings. The number of rotatable bonds is 5. The first-order valence-electron chi connectivity index (χ1n) is 8.18. The molecule has 0 radical (unpaired) electrons. The van der Waals surface area contributed by atoms with Crippen molar-refractivity contribution >= 4 is 27.8 Å². The molecule has 0 spiro atoms. The van der Waals surface area contributed by atoms with E-state index in [0.29, 0.717) is 15.8 Å². The minimum absolute atomic E-state index is 0.165. The van der Waals surface area contributed by atoms with Crippen molar-refractivity contribution in [2.24, 2.45) is 5.92 Å². The van der Waals surface area contributed by atoms with Crippen LogP contribution in [0, 0.1) is 5.92 Å². The van der Waals surface area contributed by atoms with Gasteiger partial charge in [0.15, 0.2) is 6.61 Å². The Morgan fingerprint density at radius 3 is 2.54 bits per heavy atom. The molecule has 6 heteroatoms. The normalized spacial score (nSPS) is 20.3. The summed E-state index contributed by atoms with van der Waals surface area (Å²) in [5, 5.41) is 0. The fraction of sp³-hybridized carbons (Fsp3) is 0.556. The van der Waals surface area contributed by atoms with Crippen LogP contribution in [0.25, 0.3) is 0 Å². The predicted molar refractivity (Wildman–Crippen MR) is 95.2 cm³/mol. The Labute approximate surface area is 151 Å². The lowest BCUT2D eigenvalue weighted by atomic mass is 9.87. The van der Waals surface area contributed by atoms with Gasteiger partial charge >= 0.3 is 5.97 Å². The third-order valence-corrected chi connectivity index (χ3v) is 5.34. The van der Waals surface area contributed by atoms with Gasteiger partial charge in [0.05, 0.1) is 12.7 Å². The zero-order valence-electron chi connectivity index (χ0n) is 14.4. The van der Waals surface area contributed by atoms with E-state index in [2.05, 4.69) is 22.9 Å². The highest BCUT2D eigenvalue weighted by Gasteiger charge is 2.25. The molecule has 0 atom stereocenters. The maximum Gasteiger partial charge on any atom is 0.339 e. The van der Waals surface area contributed by atoms with Gasteiger partial charge in [-0.05, 0) is 65.7 Å². The minimum Gasteiger partial charge on any atom is -0.497 e. The SMILES string of the molecule is COc1ccc(Br)c(C(=O)OCC(=O)N(C)C2CCC(C)CC2)c1. The Morgan fingerprint density at radius 1 is 1.25 bits per heavy atom. The molecule has 24 heavy (non-hydrogen) atoms. The van der Waals surface area contributed by atoms with Crippen LogP contribution in [0.3, 0.4) is 0 Å². The van der Waals surface area contributed by atoms with Gasteiger partial charge in [-0.2, -0.15) is 0 Å². The van der Waals surface area contributed by atoms with Crippen LogP contribution < -0.4 is 4.74 Å². The van der Waals surface area contributed by atoms with E-state index in [1.807, 2.05) is 0 Å². The van der Waals surface area contributed by atoms with Gasteiger partial charge in [-0.1, -0.05) is 6.92 Å². The van der Waals surface area contributed by atoms with Crippen LogP contribution >= 0.6 is 15.9 Å². The third kappa shape index (κ3) is 4.72. The first-order valence-corrected chi connectivity index (χ1v) is 8.98.